The lowest BCUT2D eigenvalue weighted by Gasteiger charge is -2.55. The average Bonchev–Trinajstić information content (AvgIpc) is 2.56. The van der Waals surface area contributed by atoms with Crippen molar-refractivity contribution < 1.29 is 13.6 Å². The molecule has 1 N–H and O–H groups in total. The fourth-order valence-electron chi connectivity index (χ4n) is 4.91. The molecule has 2 fully saturated rings. The van der Waals surface area contributed by atoms with E-state index < -0.39 is 8.56 Å². The third-order valence-electron chi connectivity index (χ3n) is 5.81. The first kappa shape index (κ1) is 17.4. The van der Waals surface area contributed by atoms with Gasteiger partial charge in [0.2, 0.25) is 0 Å². The summed E-state index contributed by atoms with van der Waals surface area (Å²) in [6.45, 7) is 4.53. The van der Waals surface area contributed by atoms with Crippen LogP contribution in [0.5, 0.6) is 0 Å². The van der Waals surface area contributed by atoms with E-state index in [4.69, 9.17) is 13.6 Å². The Morgan fingerprint density at radius 1 is 1.14 bits per heavy atom. The first-order valence-corrected chi connectivity index (χ1v) is 10.6. The van der Waals surface area contributed by atoms with E-state index in [0.29, 0.717) is 11.8 Å². The van der Waals surface area contributed by atoms with Gasteiger partial charge in [0.15, 0.2) is 0 Å². The first-order valence-electron chi connectivity index (χ1n) is 8.56. The SMILES string of the molecule is CCCC1(OC)C(C2CCCNC2)CCC[Si]1(OC)OC. The summed E-state index contributed by atoms with van der Waals surface area (Å²) >= 11 is 0. The predicted molar refractivity (Wildman–Crippen MR) is 87.5 cm³/mol. The van der Waals surface area contributed by atoms with E-state index in [-0.39, 0.29) is 5.22 Å². The Hall–Kier alpha value is 0.0569. The van der Waals surface area contributed by atoms with Gasteiger partial charge in [-0.25, -0.2) is 0 Å². The number of nitrogens with one attached hydrogen (secondary N) is 1. The third kappa shape index (κ3) is 2.95. The van der Waals surface area contributed by atoms with Crippen molar-refractivity contribution in [2.45, 2.75) is 56.7 Å². The van der Waals surface area contributed by atoms with Crippen LogP contribution in [0.3, 0.4) is 0 Å². The van der Waals surface area contributed by atoms with Crippen LogP contribution < -0.4 is 5.32 Å². The Kier molecular flexibility index (Phi) is 6.26. The minimum Gasteiger partial charge on any atom is -0.396 e. The smallest absolute Gasteiger partial charge is 0.371 e. The van der Waals surface area contributed by atoms with E-state index in [1.54, 1.807) is 0 Å². The molecule has 0 radical (unpaired) electrons. The zero-order valence-corrected chi connectivity index (χ0v) is 15.2. The fraction of sp³-hybridized carbons (Fsp3) is 1.00. The molecule has 5 heteroatoms. The molecule has 2 rings (SSSR count). The van der Waals surface area contributed by atoms with Gasteiger partial charge in [0.1, 0.15) is 5.22 Å². The van der Waals surface area contributed by atoms with Crippen molar-refractivity contribution in [3.05, 3.63) is 0 Å². The normalized spacial score (nSPS) is 36.6. The van der Waals surface area contributed by atoms with Gasteiger partial charge in [-0.05, 0) is 56.7 Å². The van der Waals surface area contributed by atoms with Gasteiger partial charge in [0.05, 0.1) is 0 Å². The minimum atomic E-state index is -2.33. The quantitative estimate of drug-likeness (QED) is 0.765. The van der Waals surface area contributed by atoms with Crippen LogP contribution in [0.4, 0.5) is 0 Å². The predicted octanol–water partition coefficient (Wildman–Crippen LogP) is 2.86. The lowest BCUT2D eigenvalue weighted by molar-refractivity contribution is -0.0746. The summed E-state index contributed by atoms with van der Waals surface area (Å²) in [7, 11) is 3.22. The van der Waals surface area contributed by atoms with Crippen molar-refractivity contribution in [1.29, 1.82) is 0 Å². The maximum atomic E-state index is 6.27. The molecular weight excluding hydrogens is 282 g/mol. The van der Waals surface area contributed by atoms with Crippen LogP contribution in [0.2, 0.25) is 6.04 Å². The Morgan fingerprint density at radius 2 is 1.90 bits per heavy atom. The van der Waals surface area contributed by atoms with Crippen molar-refractivity contribution in [2.24, 2.45) is 11.8 Å². The van der Waals surface area contributed by atoms with Crippen molar-refractivity contribution >= 4 is 8.56 Å². The van der Waals surface area contributed by atoms with Gasteiger partial charge in [0, 0.05) is 21.3 Å². The van der Waals surface area contributed by atoms with Gasteiger partial charge < -0.3 is 18.9 Å². The maximum Gasteiger partial charge on any atom is 0.371 e. The van der Waals surface area contributed by atoms with Crippen LogP contribution in [0.1, 0.15) is 45.4 Å². The van der Waals surface area contributed by atoms with Gasteiger partial charge in [0.25, 0.3) is 0 Å². The molecule has 0 spiro atoms. The monoisotopic (exact) mass is 315 g/mol. The van der Waals surface area contributed by atoms with Gasteiger partial charge in [-0.3, -0.25) is 0 Å². The van der Waals surface area contributed by atoms with Gasteiger partial charge >= 0.3 is 8.56 Å². The summed E-state index contributed by atoms with van der Waals surface area (Å²) in [4.78, 5) is 0. The zero-order chi connectivity index (χ0) is 15.3. The van der Waals surface area contributed by atoms with Crippen LogP contribution in [0.15, 0.2) is 0 Å². The van der Waals surface area contributed by atoms with Crippen molar-refractivity contribution in [2.75, 3.05) is 34.4 Å². The largest absolute Gasteiger partial charge is 0.396 e. The second-order valence-electron chi connectivity index (χ2n) is 6.61. The second-order valence-corrected chi connectivity index (χ2v) is 10.3. The molecule has 0 aliphatic carbocycles. The van der Waals surface area contributed by atoms with Crippen molar-refractivity contribution in [3.63, 3.8) is 0 Å². The van der Waals surface area contributed by atoms with Gasteiger partial charge in [-0.1, -0.05) is 19.8 Å². The molecule has 4 nitrogen and oxygen atoms in total. The van der Waals surface area contributed by atoms with E-state index in [0.717, 1.165) is 32.0 Å². The number of ether oxygens (including phenoxy) is 1. The van der Waals surface area contributed by atoms with Crippen molar-refractivity contribution in [1.82, 2.24) is 5.32 Å². The molecule has 0 aromatic carbocycles. The fourth-order valence-corrected chi connectivity index (χ4v) is 9.16. The zero-order valence-electron chi connectivity index (χ0n) is 14.2. The summed E-state index contributed by atoms with van der Waals surface area (Å²) in [5.41, 5.74) is 0. The maximum absolute atomic E-state index is 6.27. The standard InChI is InChI=1S/C16H33NO3Si/c1-5-10-16(18-2)15(14-8-6-11-17-13-14)9-7-12-21(16,19-3)20-4/h14-15,17H,5-13H2,1-4H3. The highest BCUT2D eigenvalue weighted by Gasteiger charge is 2.64. The summed E-state index contributed by atoms with van der Waals surface area (Å²) in [6, 6.07) is 1.06. The number of methoxy groups -OCH3 is 1. The van der Waals surface area contributed by atoms with E-state index in [2.05, 4.69) is 12.2 Å². The van der Waals surface area contributed by atoms with Crippen molar-refractivity contribution in [3.8, 4) is 0 Å². The van der Waals surface area contributed by atoms with E-state index in [1.165, 1.54) is 25.7 Å². The number of piperidine rings is 1. The van der Waals surface area contributed by atoms with E-state index in [9.17, 15) is 0 Å². The van der Waals surface area contributed by atoms with Crippen LogP contribution in [-0.2, 0) is 13.6 Å². The summed E-state index contributed by atoms with van der Waals surface area (Å²) in [5, 5.41) is 3.39. The summed E-state index contributed by atoms with van der Waals surface area (Å²) < 4.78 is 18.4. The summed E-state index contributed by atoms with van der Waals surface area (Å²) in [6.07, 6.45) is 7.22. The molecule has 2 saturated heterocycles. The first-order chi connectivity index (χ1) is 10.2. The highest BCUT2D eigenvalue weighted by molar-refractivity contribution is 6.70. The molecule has 2 aliphatic rings. The Morgan fingerprint density at radius 3 is 2.43 bits per heavy atom. The van der Waals surface area contributed by atoms with Crippen LogP contribution in [0.25, 0.3) is 0 Å². The number of hydrogen-bond donors (Lipinski definition) is 1. The van der Waals surface area contributed by atoms with Gasteiger partial charge in [-0.2, -0.15) is 0 Å². The molecule has 3 atom stereocenters. The lowest BCUT2D eigenvalue weighted by atomic mass is 9.77. The molecule has 0 saturated carbocycles. The second kappa shape index (κ2) is 7.55. The Labute approximate surface area is 131 Å². The highest BCUT2D eigenvalue weighted by atomic mass is 28.4. The van der Waals surface area contributed by atoms with Crippen LogP contribution in [0, 0.1) is 11.8 Å². The topological polar surface area (TPSA) is 39.7 Å². The Balaban J connectivity index is 2.35. The van der Waals surface area contributed by atoms with Crippen LogP contribution >= 0.6 is 0 Å². The van der Waals surface area contributed by atoms with Crippen LogP contribution in [-0.4, -0.2) is 48.2 Å². The highest BCUT2D eigenvalue weighted by Crippen LogP contribution is 2.50. The molecule has 0 bridgehead atoms. The molecule has 21 heavy (non-hydrogen) atoms. The molecule has 0 amide bonds. The summed E-state index contributed by atoms with van der Waals surface area (Å²) in [5.74, 6) is 1.26. The molecule has 0 aromatic rings. The molecule has 124 valence electrons. The van der Waals surface area contributed by atoms with Gasteiger partial charge in [-0.15, -0.1) is 0 Å². The third-order valence-corrected chi connectivity index (χ3v) is 10.3. The molecular formula is C16H33NO3Si. The average molecular weight is 316 g/mol. The number of rotatable bonds is 6. The molecule has 3 unspecified atom stereocenters. The van der Waals surface area contributed by atoms with E-state index >= 15 is 0 Å². The lowest BCUT2D eigenvalue weighted by Crippen LogP contribution is -2.70. The Bertz CT molecular complexity index is 319. The molecule has 2 aliphatic heterocycles. The molecule has 2 heterocycles. The number of hydrogen-bond acceptors (Lipinski definition) is 4. The molecule has 0 aromatic heterocycles. The minimum absolute atomic E-state index is 0.187. The van der Waals surface area contributed by atoms with E-state index in [1.807, 2.05) is 21.3 Å².